The van der Waals surface area contributed by atoms with Gasteiger partial charge in [-0.3, -0.25) is 0 Å². The predicted molar refractivity (Wildman–Crippen MR) is 61.9 cm³/mol. The minimum atomic E-state index is 0.547. The average molecular weight is 205 g/mol. The molecule has 2 nitrogen and oxygen atoms in total. The Morgan fingerprint density at radius 1 is 1.47 bits per heavy atom. The van der Waals surface area contributed by atoms with Gasteiger partial charge in [-0.05, 0) is 49.9 Å². The first-order chi connectivity index (χ1) is 7.29. The summed E-state index contributed by atoms with van der Waals surface area (Å²) in [5.41, 5.74) is 6.97. The summed E-state index contributed by atoms with van der Waals surface area (Å²) < 4.78 is 5.76. The molecule has 1 aliphatic rings. The van der Waals surface area contributed by atoms with Crippen LogP contribution in [0.2, 0.25) is 0 Å². The third-order valence-corrected chi connectivity index (χ3v) is 3.05. The fourth-order valence-corrected chi connectivity index (χ4v) is 1.87. The lowest BCUT2D eigenvalue weighted by Gasteiger charge is -2.15. The van der Waals surface area contributed by atoms with Gasteiger partial charge in [-0.15, -0.1) is 0 Å². The number of ether oxygens (including phenoxy) is 1. The average Bonchev–Trinajstić information content (AvgIpc) is 3.03. The van der Waals surface area contributed by atoms with E-state index in [4.69, 9.17) is 10.5 Å². The lowest BCUT2D eigenvalue weighted by atomic mass is 10.1. The van der Waals surface area contributed by atoms with Gasteiger partial charge in [0.05, 0.1) is 6.61 Å². The molecule has 0 aromatic heterocycles. The molecule has 0 aliphatic heterocycles. The zero-order chi connectivity index (χ0) is 10.7. The predicted octanol–water partition coefficient (Wildman–Crippen LogP) is 2.36. The molecule has 0 saturated heterocycles. The van der Waals surface area contributed by atoms with Crippen LogP contribution in [-0.4, -0.2) is 13.2 Å². The fraction of sp³-hybridized carbons (Fsp3) is 0.538. The Kier molecular flexibility index (Phi) is 3.27. The molecule has 2 rings (SSSR count). The summed E-state index contributed by atoms with van der Waals surface area (Å²) in [6.07, 6.45) is 2.66. The van der Waals surface area contributed by atoms with E-state index in [0.29, 0.717) is 5.92 Å². The van der Waals surface area contributed by atoms with Crippen molar-refractivity contribution in [3.05, 3.63) is 29.8 Å². The summed E-state index contributed by atoms with van der Waals surface area (Å²) in [6, 6.07) is 8.18. The summed E-state index contributed by atoms with van der Waals surface area (Å²) in [5.74, 6) is 2.33. The molecule has 1 saturated carbocycles. The molecule has 2 N–H and O–H groups in total. The molecular weight excluding hydrogens is 186 g/mol. The van der Waals surface area contributed by atoms with Crippen LogP contribution >= 0.6 is 0 Å². The Balaban J connectivity index is 1.86. The van der Waals surface area contributed by atoms with E-state index in [-0.39, 0.29) is 0 Å². The SMILES string of the molecule is Cc1cccc(OCC(CN)C2CC2)c1. The van der Waals surface area contributed by atoms with Crippen molar-refractivity contribution in [2.45, 2.75) is 19.8 Å². The van der Waals surface area contributed by atoms with Crippen LogP contribution in [0.25, 0.3) is 0 Å². The molecule has 82 valence electrons. The van der Waals surface area contributed by atoms with Gasteiger partial charge in [-0.25, -0.2) is 0 Å². The smallest absolute Gasteiger partial charge is 0.119 e. The summed E-state index contributed by atoms with van der Waals surface area (Å²) in [6.45, 7) is 3.59. The first-order valence-corrected chi connectivity index (χ1v) is 5.69. The van der Waals surface area contributed by atoms with Crippen molar-refractivity contribution in [2.24, 2.45) is 17.6 Å². The Morgan fingerprint density at radius 2 is 2.27 bits per heavy atom. The summed E-state index contributed by atoms with van der Waals surface area (Å²) >= 11 is 0. The maximum Gasteiger partial charge on any atom is 0.119 e. The van der Waals surface area contributed by atoms with Crippen molar-refractivity contribution in [1.29, 1.82) is 0 Å². The van der Waals surface area contributed by atoms with E-state index in [1.807, 2.05) is 12.1 Å². The number of aryl methyl sites for hydroxylation is 1. The van der Waals surface area contributed by atoms with Crippen molar-refractivity contribution in [2.75, 3.05) is 13.2 Å². The molecule has 0 heterocycles. The molecule has 2 heteroatoms. The van der Waals surface area contributed by atoms with E-state index in [0.717, 1.165) is 24.8 Å². The van der Waals surface area contributed by atoms with E-state index in [1.165, 1.54) is 18.4 Å². The Hall–Kier alpha value is -1.02. The maximum atomic E-state index is 5.76. The maximum absolute atomic E-state index is 5.76. The van der Waals surface area contributed by atoms with Gasteiger partial charge in [0.15, 0.2) is 0 Å². The second-order valence-electron chi connectivity index (χ2n) is 4.46. The molecule has 1 unspecified atom stereocenters. The van der Waals surface area contributed by atoms with E-state index >= 15 is 0 Å². The van der Waals surface area contributed by atoms with Gasteiger partial charge in [0.1, 0.15) is 5.75 Å². The molecule has 0 amide bonds. The summed E-state index contributed by atoms with van der Waals surface area (Å²) in [5, 5.41) is 0. The van der Waals surface area contributed by atoms with E-state index < -0.39 is 0 Å². The first-order valence-electron chi connectivity index (χ1n) is 5.69. The van der Waals surface area contributed by atoms with Gasteiger partial charge < -0.3 is 10.5 Å². The fourth-order valence-electron chi connectivity index (χ4n) is 1.87. The Bertz CT molecular complexity index is 320. The van der Waals surface area contributed by atoms with Gasteiger partial charge in [-0.2, -0.15) is 0 Å². The van der Waals surface area contributed by atoms with Gasteiger partial charge in [0, 0.05) is 5.92 Å². The van der Waals surface area contributed by atoms with E-state index in [2.05, 4.69) is 19.1 Å². The van der Waals surface area contributed by atoms with Crippen molar-refractivity contribution >= 4 is 0 Å². The number of hydrogen-bond acceptors (Lipinski definition) is 2. The molecule has 1 aromatic carbocycles. The molecule has 0 spiro atoms. The number of hydrogen-bond donors (Lipinski definition) is 1. The third-order valence-electron chi connectivity index (χ3n) is 3.05. The molecule has 15 heavy (non-hydrogen) atoms. The monoisotopic (exact) mass is 205 g/mol. The van der Waals surface area contributed by atoms with Crippen LogP contribution in [0.1, 0.15) is 18.4 Å². The standard InChI is InChI=1S/C13H19NO/c1-10-3-2-4-13(7-10)15-9-12(8-14)11-5-6-11/h2-4,7,11-12H,5-6,8-9,14H2,1H3. The van der Waals surface area contributed by atoms with Crippen LogP contribution < -0.4 is 10.5 Å². The normalized spacial score (nSPS) is 17.5. The van der Waals surface area contributed by atoms with E-state index in [1.54, 1.807) is 0 Å². The van der Waals surface area contributed by atoms with Crippen molar-refractivity contribution in [3.8, 4) is 5.75 Å². The summed E-state index contributed by atoms with van der Waals surface area (Å²) in [4.78, 5) is 0. The van der Waals surface area contributed by atoms with Crippen molar-refractivity contribution in [1.82, 2.24) is 0 Å². The molecule has 1 aromatic rings. The van der Waals surface area contributed by atoms with Crippen LogP contribution in [0.5, 0.6) is 5.75 Å². The van der Waals surface area contributed by atoms with Crippen molar-refractivity contribution in [3.63, 3.8) is 0 Å². The van der Waals surface area contributed by atoms with Gasteiger partial charge >= 0.3 is 0 Å². The number of rotatable bonds is 5. The van der Waals surface area contributed by atoms with Gasteiger partial charge in [0.2, 0.25) is 0 Å². The quantitative estimate of drug-likeness (QED) is 0.801. The lowest BCUT2D eigenvalue weighted by Crippen LogP contribution is -2.23. The highest BCUT2D eigenvalue weighted by Gasteiger charge is 2.30. The highest BCUT2D eigenvalue weighted by molar-refractivity contribution is 5.27. The molecule has 0 radical (unpaired) electrons. The highest BCUT2D eigenvalue weighted by Crippen LogP contribution is 2.36. The lowest BCUT2D eigenvalue weighted by molar-refractivity contribution is 0.236. The minimum Gasteiger partial charge on any atom is -0.493 e. The summed E-state index contributed by atoms with van der Waals surface area (Å²) in [7, 11) is 0. The highest BCUT2D eigenvalue weighted by atomic mass is 16.5. The molecule has 0 bridgehead atoms. The number of nitrogens with two attached hydrogens (primary N) is 1. The van der Waals surface area contributed by atoms with E-state index in [9.17, 15) is 0 Å². The van der Waals surface area contributed by atoms with Crippen LogP contribution in [0.4, 0.5) is 0 Å². The number of benzene rings is 1. The first kappa shape index (κ1) is 10.5. The minimum absolute atomic E-state index is 0.547. The van der Waals surface area contributed by atoms with Crippen molar-refractivity contribution < 1.29 is 4.74 Å². The van der Waals surface area contributed by atoms with Gasteiger partial charge in [0.25, 0.3) is 0 Å². The van der Waals surface area contributed by atoms with Crippen LogP contribution in [-0.2, 0) is 0 Å². The Morgan fingerprint density at radius 3 is 2.87 bits per heavy atom. The molecule has 1 fully saturated rings. The molecule has 1 aliphatic carbocycles. The van der Waals surface area contributed by atoms with Crippen LogP contribution in [0.3, 0.4) is 0 Å². The zero-order valence-corrected chi connectivity index (χ0v) is 9.28. The van der Waals surface area contributed by atoms with Crippen LogP contribution in [0.15, 0.2) is 24.3 Å². The molecular formula is C13H19NO. The Labute approximate surface area is 91.4 Å². The second-order valence-corrected chi connectivity index (χ2v) is 4.46. The second kappa shape index (κ2) is 4.67. The zero-order valence-electron chi connectivity index (χ0n) is 9.28. The van der Waals surface area contributed by atoms with Crippen LogP contribution in [0, 0.1) is 18.8 Å². The molecule has 1 atom stereocenters. The third kappa shape index (κ3) is 2.96. The van der Waals surface area contributed by atoms with Gasteiger partial charge in [-0.1, -0.05) is 12.1 Å². The largest absolute Gasteiger partial charge is 0.493 e. The topological polar surface area (TPSA) is 35.2 Å².